The molecule has 1 aliphatic carbocycles. The first-order valence-corrected chi connectivity index (χ1v) is 8.46. The number of aromatic nitrogens is 1. The fourth-order valence-electron chi connectivity index (χ4n) is 3.17. The van der Waals surface area contributed by atoms with E-state index in [-0.39, 0.29) is 0 Å². The quantitative estimate of drug-likeness (QED) is 0.898. The van der Waals surface area contributed by atoms with Crippen LogP contribution >= 0.6 is 11.3 Å². The molecule has 2 aliphatic rings. The Hall–Kier alpha value is -0.450. The van der Waals surface area contributed by atoms with E-state index in [2.05, 4.69) is 29.4 Å². The van der Waals surface area contributed by atoms with Crippen LogP contribution in [0.4, 0.5) is 0 Å². The summed E-state index contributed by atoms with van der Waals surface area (Å²) in [5, 5.41) is 7.03. The zero-order chi connectivity index (χ0) is 13.2. The minimum atomic E-state index is 0.774. The van der Waals surface area contributed by atoms with Crippen molar-refractivity contribution in [3.63, 3.8) is 0 Å². The third kappa shape index (κ3) is 4.01. The topological polar surface area (TPSA) is 28.2 Å². The molecule has 0 amide bonds. The van der Waals surface area contributed by atoms with E-state index in [1.165, 1.54) is 43.1 Å². The van der Waals surface area contributed by atoms with Crippen molar-refractivity contribution >= 4 is 11.3 Å². The second kappa shape index (κ2) is 5.90. The molecule has 1 aliphatic heterocycles. The second-order valence-electron chi connectivity index (χ2n) is 6.53. The van der Waals surface area contributed by atoms with Crippen LogP contribution in [0.1, 0.15) is 43.8 Å². The average molecular weight is 279 g/mol. The molecule has 1 saturated carbocycles. The Morgan fingerprint density at radius 3 is 2.74 bits per heavy atom. The van der Waals surface area contributed by atoms with E-state index in [1.54, 1.807) is 0 Å². The number of piperidine rings is 1. The van der Waals surface area contributed by atoms with Crippen molar-refractivity contribution in [1.82, 2.24) is 15.2 Å². The average Bonchev–Trinajstić information content (AvgIpc) is 3.06. The van der Waals surface area contributed by atoms with Crippen LogP contribution in [-0.4, -0.2) is 29.0 Å². The van der Waals surface area contributed by atoms with E-state index >= 15 is 0 Å². The van der Waals surface area contributed by atoms with Gasteiger partial charge in [0.15, 0.2) is 0 Å². The Labute approximate surface area is 120 Å². The fraction of sp³-hybridized carbons (Fsp3) is 0.800. The molecule has 106 valence electrons. The second-order valence-corrected chi connectivity index (χ2v) is 7.47. The number of likely N-dealkylation sites (tertiary alicyclic amines) is 1. The van der Waals surface area contributed by atoms with Gasteiger partial charge in [0.2, 0.25) is 0 Å². The molecule has 0 spiro atoms. The first-order chi connectivity index (χ1) is 9.19. The number of nitrogens with zero attached hydrogens (tertiary/aromatic N) is 2. The zero-order valence-electron chi connectivity index (χ0n) is 12.1. The van der Waals surface area contributed by atoms with Crippen molar-refractivity contribution in [1.29, 1.82) is 0 Å². The maximum Gasteiger partial charge on any atom is 0.107 e. The summed E-state index contributed by atoms with van der Waals surface area (Å²) in [5.74, 6) is 1.66. The van der Waals surface area contributed by atoms with Gasteiger partial charge in [-0.1, -0.05) is 13.8 Å². The van der Waals surface area contributed by atoms with Gasteiger partial charge in [0.05, 0.1) is 5.69 Å². The lowest BCUT2D eigenvalue weighted by Crippen LogP contribution is -2.38. The van der Waals surface area contributed by atoms with Crippen molar-refractivity contribution in [2.45, 2.75) is 52.2 Å². The maximum atomic E-state index is 4.77. The lowest BCUT2D eigenvalue weighted by Gasteiger charge is -2.34. The molecule has 3 nitrogen and oxygen atoms in total. The van der Waals surface area contributed by atoms with E-state index in [0.717, 1.165) is 31.0 Å². The zero-order valence-corrected chi connectivity index (χ0v) is 12.9. The van der Waals surface area contributed by atoms with Crippen LogP contribution in [0, 0.1) is 11.8 Å². The predicted octanol–water partition coefficient (Wildman–Crippen LogP) is 2.87. The van der Waals surface area contributed by atoms with Gasteiger partial charge in [-0.05, 0) is 31.1 Å². The molecule has 0 radical (unpaired) electrons. The highest BCUT2D eigenvalue weighted by Gasteiger charge is 2.23. The Morgan fingerprint density at radius 2 is 2.05 bits per heavy atom. The monoisotopic (exact) mass is 279 g/mol. The lowest BCUT2D eigenvalue weighted by molar-refractivity contribution is 0.133. The first-order valence-electron chi connectivity index (χ1n) is 7.58. The number of rotatable bonds is 5. The van der Waals surface area contributed by atoms with Gasteiger partial charge >= 0.3 is 0 Å². The van der Waals surface area contributed by atoms with Gasteiger partial charge in [-0.2, -0.15) is 0 Å². The van der Waals surface area contributed by atoms with Gasteiger partial charge in [0.1, 0.15) is 5.01 Å². The van der Waals surface area contributed by atoms with Crippen LogP contribution in [0.15, 0.2) is 5.38 Å². The third-order valence-corrected chi connectivity index (χ3v) is 4.95. The summed E-state index contributed by atoms with van der Waals surface area (Å²) in [6, 6.07) is 0.774. The van der Waals surface area contributed by atoms with Crippen LogP contribution in [0.3, 0.4) is 0 Å². The molecule has 1 aromatic heterocycles. The Morgan fingerprint density at radius 1 is 1.32 bits per heavy atom. The van der Waals surface area contributed by atoms with Gasteiger partial charge in [-0.25, -0.2) is 4.98 Å². The van der Waals surface area contributed by atoms with Crippen molar-refractivity contribution in [2.24, 2.45) is 11.8 Å². The van der Waals surface area contributed by atoms with E-state index in [0.29, 0.717) is 0 Å². The molecule has 2 fully saturated rings. The highest BCUT2D eigenvalue weighted by Crippen LogP contribution is 2.23. The summed E-state index contributed by atoms with van der Waals surface area (Å²) in [5.41, 5.74) is 1.26. The normalized spacial score (nSPS) is 28.7. The molecule has 4 heteroatoms. The largest absolute Gasteiger partial charge is 0.308 e. The molecule has 3 rings (SSSR count). The Bertz CT molecular complexity index is 403. The van der Waals surface area contributed by atoms with Crippen LogP contribution < -0.4 is 5.32 Å². The maximum absolute atomic E-state index is 4.77. The van der Waals surface area contributed by atoms with E-state index in [1.807, 2.05) is 11.3 Å². The molecule has 1 saturated heterocycles. The summed E-state index contributed by atoms with van der Waals surface area (Å²) < 4.78 is 0. The molecule has 2 heterocycles. The fourth-order valence-corrected chi connectivity index (χ4v) is 3.91. The first kappa shape index (κ1) is 13.5. The van der Waals surface area contributed by atoms with Gasteiger partial charge in [0.25, 0.3) is 0 Å². The highest BCUT2D eigenvalue weighted by molar-refractivity contribution is 7.09. The SMILES string of the molecule is CC1CC(C)CN(Cc2csc(CNC3CC3)n2)C1. The van der Waals surface area contributed by atoms with E-state index < -0.39 is 0 Å². The summed E-state index contributed by atoms with van der Waals surface area (Å²) in [6.07, 6.45) is 4.08. The van der Waals surface area contributed by atoms with Crippen molar-refractivity contribution in [3.8, 4) is 0 Å². The van der Waals surface area contributed by atoms with E-state index in [9.17, 15) is 0 Å². The number of thiazole rings is 1. The predicted molar refractivity (Wildman–Crippen MR) is 80.2 cm³/mol. The Kier molecular flexibility index (Phi) is 4.20. The molecular weight excluding hydrogens is 254 g/mol. The number of hydrogen-bond donors (Lipinski definition) is 1. The molecule has 0 bridgehead atoms. The smallest absolute Gasteiger partial charge is 0.107 e. The molecule has 2 atom stereocenters. The summed E-state index contributed by atoms with van der Waals surface area (Å²) in [7, 11) is 0. The number of nitrogens with one attached hydrogen (secondary N) is 1. The van der Waals surface area contributed by atoms with Crippen LogP contribution in [-0.2, 0) is 13.1 Å². The van der Waals surface area contributed by atoms with Gasteiger partial charge < -0.3 is 5.32 Å². The van der Waals surface area contributed by atoms with Crippen molar-refractivity contribution in [3.05, 3.63) is 16.1 Å². The molecule has 19 heavy (non-hydrogen) atoms. The molecular formula is C15H25N3S. The molecule has 0 aromatic carbocycles. The lowest BCUT2D eigenvalue weighted by atomic mass is 9.92. The van der Waals surface area contributed by atoms with Gasteiger partial charge in [-0.15, -0.1) is 11.3 Å². The van der Waals surface area contributed by atoms with Crippen molar-refractivity contribution < 1.29 is 0 Å². The van der Waals surface area contributed by atoms with Crippen LogP contribution in [0.25, 0.3) is 0 Å². The van der Waals surface area contributed by atoms with Crippen molar-refractivity contribution in [2.75, 3.05) is 13.1 Å². The molecule has 1 aromatic rings. The molecule has 1 N–H and O–H groups in total. The molecule has 2 unspecified atom stereocenters. The highest BCUT2D eigenvalue weighted by atomic mass is 32.1. The summed E-state index contributed by atoms with van der Waals surface area (Å²) >= 11 is 1.81. The summed E-state index contributed by atoms with van der Waals surface area (Å²) in [4.78, 5) is 7.34. The third-order valence-electron chi connectivity index (χ3n) is 4.05. The van der Waals surface area contributed by atoms with Gasteiger partial charge in [-0.3, -0.25) is 4.90 Å². The van der Waals surface area contributed by atoms with Crippen LogP contribution in [0.5, 0.6) is 0 Å². The van der Waals surface area contributed by atoms with Crippen LogP contribution in [0.2, 0.25) is 0 Å². The Balaban J connectivity index is 1.51. The van der Waals surface area contributed by atoms with Gasteiger partial charge in [0, 0.05) is 37.6 Å². The minimum absolute atomic E-state index is 0.774. The standard InChI is InChI=1S/C15H25N3S/c1-11-5-12(2)8-18(7-11)9-14-10-19-15(17-14)6-16-13-3-4-13/h10-13,16H,3-9H2,1-2H3. The summed E-state index contributed by atoms with van der Waals surface area (Å²) in [6.45, 7) is 9.20. The van der Waals surface area contributed by atoms with E-state index in [4.69, 9.17) is 4.98 Å². The number of hydrogen-bond acceptors (Lipinski definition) is 4. The minimum Gasteiger partial charge on any atom is -0.308 e.